The first kappa shape index (κ1) is 21.1. The zero-order chi connectivity index (χ0) is 20.8. The van der Waals surface area contributed by atoms with Crippen LogP contribution in [0.2, 0.25) is 0 Å². The summed E-state index contributed by atoms with van der Waals surface area (Å²) in [5.74, 6) is 0.676. The van der Waals surface area contributed by atoms with Crippen molar-refractivity contribution in [2.75, 3.05) is 26.0 Å². The largest absolute Gasteiger partial charge is 0.496 e. The highest BCUT2D eigenvalue weighted by Gasteiger charge is 2.31. The van der Waals surface area contributed by atoms with Crippen molar-refractivity contribution in [3.8, 4) is 11.5 Å². The predicted molar refractivity (Wildman–Crippen MR) is 108 cm³/mol. The Morgan fingerprint density at radius 1 is 1.48 bits per heavy atom. The smallest absolute Gasteiger partial charge is 0.355 e. The maximum absolute atomic E-state index is 12.2. The van der Waals surface area contributed by atoms with Crippen LogP contribution in [0.4, 0.5) is 0 Å². The third-order valence-corrected chi connectivity index (χ3v) is 6.49. The maximum atomic E-state index is 12.2. The number of carbonyl (C=O) groups is 3. The Hall–Kier alpha value is -2.59. The number of thioether (sulfide) groups is 1. The van der Waals surface area contributed by atoms with Crippen molar-refractivity contribution in [3.05, 3.63) is 34.8 Å². The standard InChI is InChI=1S/C19H20N2O6S2/c1-26-16-8-14(4-2-12(16)9-22)27-10-13-3-5-17(23)21(13)6-7-28-19-20-15(11-29-19)18(24)25/h2,4,8-9,11,13H,3,5-7,10H2,1H3,(H,24,25). The number of methoxy groups -OCH3 is 1. The molecule has 0 spiro atoms. The quantitative estimate of drug-likeness (QED) is 0.448. The minimum absolute atomic E-state index is 0.0364. The molecule has 1 aromatic carbocycles. The number of thiazole rings is 1. The number of carboxylic acids is 1. The van der Waals surface area contributed by atoms with Crippen LogP contribution in [-0.4, -0.2) is 65.2 Å². The van der Waals surface area contributed by atoms with E-state index in [2.05, 4.69) is 4.98 Å². The molecule has 10 heteroatoms. The summed E-state index contributed by atoms with van der Waals surface area (Å²) in [4.78, 5) is 39.9. The van der Waals surface area contributed by atoms with Gasteiger partial charge >= 0.3 is 5.97 Å². The highest BCUT2D eigenvalue weighted by Crippen LogP contribution is 2.27. The van der Waals surface area contributed by atoms with Crippen LogP contribution in [-0.2, 0) is 4.79 Å². The van der Waals surface area contributed by atoms with Crippen molar-refractivity contribution in [2.45, 2.75) is 23.2 Å². The van der Waals surface area contributed by atoms with Gasteiger partial charge in [0.25, 0.3) is 0 Å². The molecule has 1 amide bonds. The molecule has 0 radical (unpaired) electrons. The molecule has 3 rings (SSSR count). The fourth-order valence-corrected chi connectivity index (χ4v) is 4.81. The molecular weight excluding hydrogens is 416 g/mol. The van der Waals surface area contributed by atoms with Crippen LogP contribution in [0.5, 0.6) is 11.5 Å². The molecule has 8 nitrogen and oxygen atoms in total. The Morgan fingerprint density at radius 3 is 3.00 bits per heavy atom. The minimum Gasteiger partial charge on any atom is -0.496 e. The molecule has 29 heavy (non-hydrogen) atoms. The second kappa shape index (κ2) is 9.75. The molecule has 1 aliphatic heterocycles. The van der Waals surface area contributed by atoms with Gasteiger partial charge < -0.3 is 19.5 Å². The Bertz CT molecular complexity index is 901. The minimum atomic E-state index is -1.04. The first-order valence-electron chi connectivity index (χ1n) is 8.89. The lowest BCUT2D eigenvalue weighted by Gasteiger charge is -2.24. The normalized spacial score (nSPS) is 16.1. The van der Waals surface area contributed by atoms with E-state index in [4.69, 9.17) is 14.6 Å². The lowest BCUT2D eigenvalue weighted by Crippen LogP contribution is -2.38. The number of ether oxygens (including phenoxy) is 2. The number of aldehydes is 1. The van der Waals surface area contributed by atoms with Crippen molar-refractivity contribution in [1.82, 2.24) is 9.88 Å². The highest BCUT2D eigenvalue weighted by molar-refractivity contribution is 8.01. The van der Waals surface area contributed by atoms with Gasteiger partial charge in [-0.15, -0.1) is 11.3 Å². The number of carbonyl (C=O) groups excluding carboxylic acids is 2. The fraction of sp³-hybridized carbons (Fsp3) is 0.368. The van der Waals surface area contributed by atoms with E-state index in [0.717, 1.165) is 6.29 Å². The summed E-state index contributed by atoms with van der Waals surface area (Å²) < 4.78 is 11.7. The Kier molecular flexibility index (Phi) is 7.10. The average molecular weight is 437 g/mol. The number of amides is 1. The summed E-state index contributed by atoms with van der Waals surface area (Å²) in [6.07, 6.45) is 1.92. The van der Waals surface area contributed by atoms with Crippen LogP contribution >= 0.6 is 23.1 Å². The van der Waals surface area contributed by atoms with Crippen LogP contribution in [0, 0.1) is 0 Å². The summed E-state index contributed by atoms with van der Waals surface area (Å²) in [5, 5.41) is 10.4. The van der Waals surface area contributed by atoms with Crippen LogP contribution in [0.3, 0.4) is 0 Å². The van der Waals surface area contributed by atoms with Crippen LogP contribution < -0.4 is 9.47 Å². The maximum Gasteiger partial charge on any atom is 0.355 e. The molecule has 1 atom stereocenters. The van der Waals surface area contributed by atoms with Gasteiger partial charge in [0.2, 0.25) is 5.91 Å². The van der Waals surface area contributed by atoms with Crippen molar-refractivity contribution in [2.24, 2.45) is 0 Å². The zero-order valence-electron chi connectivity index (χ0n) is 15.7. The molecule has 2 heterocycles. The average Bonchev–Trinajstić information content (AvgIpc) is 3.33. The van der Waals surface area contributed by atoms with Crippen LogP contribution in [0.15, 0.2) is 27.9 Å². The number of aromatic nitrogens is 1. The van der Waals surface area contributed by atoms with Crippen molar-refractivity contribution in [3.63, 3.8) is 0 Å². The van der Waals surface area contributed by atoms with Crippen molar-refractivity contribution >= 4 is 41.3 Å². The number of nitrogens with zero attached hydrogens (tertiary/aromatic N) is 2. The number of hydrogen-bond donors (Lipinski definition) is 1. The van der Waals surface area contributed by atoms with Crippen molar-refractivity contribution in [1.29, 1.82) is 0 Å². The number of aromatic carboxylic acids is 1. The second-order valence-corrected chi connectivity index (χ2v) is 8.46. The molecule has 0 bridgehead atoms. The first-order valence-corrected chi connectivity index (χ1v) is 10.8. The van der Waals surface area contributed by atoms with Gasteiger partial charge in [0.1, 0.15) is 18.1 Å². The van der Waals surface area contributed by atoms with Gasteiger partial charge in [-0.3, -0.25) is 9.59 Å². The number of likely N-dealkylation sites (tertiary alicyclic amines) is 1. The summed E-state index contributed by atoms with van der Waals surface area (Å²) in [6.45, 7) is 0.882. The topological polar surface area (TPSA) is 106 Å². The third-order valence-electron chi connectivity index (χ3n) is 4.49. The highest BCUT2D eigenvalue weighted by atomic mass is 32.2. The molecule has 1 saturated heterocycles. The second-order valence-electron chi connectivity index (χ2n) is 6.26. The monoisotopic (exact) mass is 436 g/mol. The van der Waals surface area contributed by atoms with E-state index in [-0.39, 0.29) is 17.6 Å². The summed E-state index contributed by atoms with van der Waals surface area (Å²) in [6, 6.07) is 4.95. The molecular formula is C19H20N2O6S2. The summed E-state index contributed by atoms with van der Waals surface area (Å²) >= 11 is 2.71. The number of benzene rings is 1. The summed E-state index contributed by atoms with van der Waals surface area (Å²) in [5.41, 5.74) is 0.486. The van der Waals surface area contributed by atoms with Gasteiger partial charge in [0.05, 0.1) is 18.7 Å². The molecule has 0 saturated carbocycles. The van der Waals surface area contributed by atoms with Crippen molar-refractivity contribution < 1.29 is 29.0 Å². The molecule has 2 aromatic rings. The Balaban J connectivity index is 1.53. The third kappa shape index (κ3) is 5.27. The molecule has 154 valence electrons. The van der Waals surface area contributed by atoms with Gasteiger partial charge in [-0.2, -0.15) is 0 Å². The van der Waals surface area contributed by atoms with Crippen LogP contribution in [0.25, 0.3) is 0 Å². The fourth-order valence-electron chi connectivity index (χ4n) is 3.00. The van der Waals surface area contributed by atoms with E-state index in [1.165, 1.54) is 35.6 Å². The van der Waals surface area contributed by atoms with Gasteiger partial charge in [0.15, 0.2) is 16.3 Å². The van der Waals surface area contributed by atoms with Gasteiger partial charge in [-0.1, -0.05) is 11.8 Å². The predicted octanol–water partition coefficient (Wildman–Crippen LogP) is 2.82. The lowest BCUT2D eigenvalue weighted by atomic mass is 10.2. The summed E-state index contributed by atoms with van der Waals surface area (Å²) in [7, 11) is 1.49. The van der Waals surface area contributed by atoms with E-state index in [1.54, 1.807) is 23.1 Å². The van der Waals surface area contributed by atoms with E-state index in [0.29, 0.717) is 53.1 Å². The molecule has 1 unspecified atom stereocenters. The molecule has 1 aliphatic rings. The first-order chi connectivity index (χ1) is 14.0. The SMILES string of the molecule is COc1cc(OCC2CCC(=O)N2CCSc2nc(C(=O)O)cs2)ccc1C=O. The number of rotatable bonds is 10. The van der Waals surface area contributed by atoms with E-state index < -0.39 is 5.97 Å². The molecule has 1 N–H and O–H groups in total. The number of carboxylic acid groups (broad SMARTS) is 1. The van der Waals surface area contributed by atoms with E-state index >= 15 is 0 Å². The number of hydrogen-bond acceptors (Lipinski definition) is 8. The van der Waals surface area contributed by atoms with Gasteiger partial charge in [0, 0.05) is 30.2 Å². The van der Waals surface area contributed by atoms with E-state index in [9.17, 15) is 14.4 Å². The Morgan fingerprint density at radius 2 is 2.31 bits per heavy atom. The van der Waals surface area contributed by atoms with E-state index in [1.807, 2.05) is 0 Å². The molecule has 0 aliphatic carbocycles. The van der Waals surface area contributed by atoms with Gasteiger partial charge in [-0.05, 0) is 18.6 Å². The van der Waals surface area contributed by atoms with Gasteiger partial charge in [-0.25, -0.2) is 9.78 Å². The lowest BCUT2D eigenvalue weighted by molar-refractivity contribution is -0.129. The Labute approximate surface area is 175 Å². The zero-order valence-corrected chi connectivity index (χ0v) is 17.3. The molecule has 1 aromatic heterocycles. The molecule has 1 fully saturated rings. The van der Waals surface area contributed by atoms with Crippen LogP contribution in [0.1, 0.15) is 33.7 Å².